The number of nitrogens with zero attached hydrogens (tertiary/aromatic N) is 1. The summed E-state index contributed by atoms with van der Waals surface area (Å²) in [5.41, 5.74) is 1.31. The smallest absolute Gasteiger partial charge is 0.264 e. The van der Waals surface area contributed by atoms with Gasteiger partial charge >= 0.3 is 0 Å². The Morgan fingerprint density at radius 3 is 2.32 bits per heavy atom. The summed E-state index contributed by atoms with van der Waals surface area (Å²) in [5.74, 6) is 1.22. The van der Waals surface area contributed by atoms with Crippen LogP contribution in [0.15, 0.2) is 71.6 Å². The number of methoxy groups -OCH3 is 2. The summed E-state index contributed by atoms with van der Waals surface area (Å²) in [7, 11) is -0.928. The predicted octanol–water partition coefficient (Wildman–Crippen LogP) is 4.70. The fraction of sp³-hybridized carbons (Fsp3) is 0.296. The van der Waals surface area contributed by atoms with Crippen LogP contribution in [-0.2, 0) is 21.2 Å². The van der Waals surface area contributed by atoms with Gasteiger partial charge in [0.25, 0.3) is 10.0 Å². The molecule has 0 aliphatic carbocycles. The standard InChI is InChI=1S/C27H31ClN2O6S/c1-4-36-24-10-6-5-9-23(24)30(37(32,33)22-14-12-21(28)13-15-22)19-27(31)29-17-7-8-20-11-16-25(34-2)26(18-20)35-3/h5-6,9-16,18H,4,7-8,17,19H2,1-3H3,(H,29,31). The molecule has 0 aliphatic rings. The third-order valence-electron chi connectivity index (χ3n) is 5.53. The quantitative estimate of drug-likeness (QED) is 0.312. The topological polar surface area (TPSA) is 94.2 Å². The van der Waals surface area contributed by atoms with Crippen molar-refractivity contribution in [3.63, 3.8) is 0 Å². The Bertz CT molecular complexity index is 1300. The van der Waals surface area contributed by atoms with Crippen molar-refractivity contribution >= 4 is 33.2 Å². The van der Waals surface area contributed by atoms with Gasteiger partial charge in [0.05, 0.1) is 31.4 Å². The minimum atomic E-state index is -4.09. The van der Waals surface area contributed by atoms with E-state index >= 15 is 0 Å². The number of rotatable bonds is 13. The molecule has 0 aliphatic heterocycles. The molecule has 0 aromatic heterocycles. The van der Waals surface area contributed by atoms with E-state index in [1.165, 1.54) is 24.3 Å². The van der Waals surface area contributed by atoms with Gasteiger partial charge in [0, 0.05) is 11.6 Å². The van der Waals surface area contributed by atoms with Crippen LogP contribution in [0.1, 0.15) is 18.9 Å². The molecule has 0 radical (unpaired) electrons. The molecule has 0 unspecified atom stereocenters. The van der Waals surface area contributed by atoms with Crippen molar-refractivity contribution in [2.45, 2.75) is 24.7 Å². The van der Waals surface area contributed by atoms with E-state index in [9.17, 15) is 13.2 Å². The van der Waals surface area contributed by atoms with E-state index in [0.29, 0.717) is 48.3 Å². The molecule has 10 heteroatoms. The Balaban J connectivity index is 1.73. The summed E-state index contributed by atoms with van der Waals surface area (Å²) < 4.78 is 44.5. The maximum atomic E-state index is 13.6. The van der Waals surface area contributed by atoms with Crippen molar-refractivity contribution in [1.29, 1.82) is 0 Å². The van der Waals surface area contributed by atoms with Crippen molar-refractivity contribution in [2.75, 3.05) is 38.2 Å². The number of carbonyl (C=O) groups is 1. The third kappa shape index (κ3) is 7.30. The Labute approximate surface area is 223 Å². The second kappa shape index (κ2) is 13.2. The zero-order chi connectivity index (χ0) is 26.8. The number of benzene rings is 3. The molecule has 3 rings (SSSR count). The first-order valence-electron chi connectivity index (χ1n) is 11.8. The lowest BCUT2D eigenvalue weighted by molar-refractivity contribution is -0.119. The van der Waals surface area contributed by atoms with Crippen molar-refractivity contribution in [3.05, 3.63) is 77.3 Å². The number of para-hydroxylation sites is 2. The van der Waals surface area contributed by atoms with Crippen LogP contribution in [-0.4, -0.2) is 48.2 Å². The molecule has 37 heavy (non-hydrogen) atoms. The summed E-state index contributed by atoms with van der Waals surface area (Å²) in [5, 5.41) is 3.24. The number of halogens is 1. The Morgan fingerprint density at radius 1 is 0.946 bits per heavy atom. The predicted molar refractivity (Wildman–Crippen MR) is 144 cm³/mol. The van der Waals surface area contributed by atoms with Gasteiger partial charge in [-0.15, -0.1) is 0 Å². The van der Waals surface area contributed by atoms with E-state index in [1.807, 2.05) is 18.2 Å². The zero-order valence-corrected chi connectivity index (χ0v) is 22.6. The lowest BCUT2D eigenvalue weighted by Gasteiger charge is -2.26. The van der Waals surface area contributed by atoms with Gasteiger partial charge in [-0.25, -0.2) is 8.42 Å². The normalized spacial score (nSPS) is 11.0. The molecule has 0 saturated heterocycles. The molecule has 3 aromatic rings. The SMILES string of the molecule is CCOc1ccccc1N(CC(=O)NCCCc1ccc(OC)c(OC)c1)S(=O)(=O)c1ccc(Cl)cc1. The molecule has 0 bridgehead atoms. The van der Waals surface area contributed by atoms with Gasteiger partial charge < -0.3 is 19.5 Å². The molecule has 0 saturated carbocycles. The van der Waals surface area contributed by atoms with Gasteiger partial charge in [-0.2, -0.15) is 0 Å². The highest BCUT2D eigenvalue weighted by Crippen LogP contribution is 2.33. The van der Waals surface area contributed by atoms with Gasteiger partial charge in [0.2, 0.25) is 5.91 Å². The number of aryl methyl sites for hydroxylation is 1. The third-order valence-corrected chi connectivity index (χ3v) is 7.56. The van der Waals surface area contributed by atoms with Gasteiger partial charge in [-0.1, -0.05) is 29.8 Å². The minimum Gasteiger partial charge on any atom is -0.493 e. The van der Waals surface area contributed by atoms with Crippen LogP contribution in [0.5, 0.6) is 17.2 Å². The number of hydrogen-bond acceptors (Lipinski definition) is 6. The number of hydrogen-bond donors (Lipinski definition) is 1. The van der Waals surface area contributed by atoms with Crippen LogP contribution < -0.4 is 23.8 Å². The molecule has 0 heterocycles. The van der Waals surface area contributed by atoms with Crippen LogP contribution in [0.2, 0.25) is 5.02 Å². The molecule has 0 fully saturated rings. The second-order valence-electron chi connectivity index (χ2n) is 8.01. The molecule has 1 amide bonds. The van der Waals surface area contributed by atoms with Crippen molar-refractivity contribution in [2.24, 2.45) is 0 Å². The molecular formula is C27H31ClN2O6S. The average molecular weight is 547 g/mol. The average Bonchev–Trinajstić information content (AvgIpc) is 2.90. The maximum absolute atomic E-state index is 13.6. The first kappa shape index (κ1) is 28.1. The number of ether oxygens (including phenoxy) is 3. The van der Waals surface area contributed by atoms with Gasteiger partial charge in [0.1, 0.15) is 12.3 Å². The van der Waals surface area contributed by atoms with E-state index in [1.54, 1.807) is 45.4 Å². The molecule has 3 aromatic carbocycles. The van der Waals surface area contributed by atoms with Crippen molar-refractivity contribution in [1.82, 2.24) is 5.32 Å². The number of sulfonamides is 1. The fourth-order valence-electron chi connectivity index (χ4n) is 3.72. The molecule has 1 N–H and O–H groups in total. The summed E-state index contributed by atoms with van der Waals surface area (Å²) in [6.07, 6.45) is 1.35. The van der Waals surface area contributed by atoms with Crippen LogP contribution in [0.4, 0.5) is 5.69 Å². The Kier molecular flexibility index (Phi) is 10.0. The summed E-state index contributed by atoms with van der Waals surface area (Å²) in [6, 6.07) is 18.2. The van der Waals surface area contributed by atoms with E-state index in [0.717, 1.165) is 9.87 Å². The monoisotopic (exact) mass is 546 g/mol. The van der Waals surface area contributed by atoms with Gasteiger partial charge in [-0.05, 0) is 73.9 Å². The Hall–Kier alpha value is -3.43. The zero-order valence-electron chi connectivity index (χ0n) is 21.1. The first-order valence-corrected chi connectivity index (χ1v) is 13.6. The van der Waals surface area contributed by atoms with Crippen LogP contribution >= 0.6 is 11.6 Å². The number of amides is 1. The number of anilines is 1. The highest BCUT2D eigenvalue weighted by molar-refractivity contribution is 7.92. The van der Waals surface area contributed by atoms with Crippen LogP contribution in [0.3, 0.4) is 0 Å². The number of nitrogens with one attached hydrogen (secondary N) is 1. The van der Waals surface area contributed by atoms with Crippen LogP contribution in [0.25, 0.3) is 0 Å². The highest BCUT2D eigenvalue weighted by Gasteiger charge is 2.29. The summed E-state index contributed by atoms with van der Waals surface area (Å²) >= 11 is 5.95. The molecule has 198 valence electrons. The lowest BCUT2D eigenvalue weighted by Crippen LogP contribution is -2.41. The lowest BCUT2D eigenvalue weighted by atomic mass is 10.1. The highest BCUT2D eigenvalue weighted by atomic mass is 35.5. The minimum absolute atomic E-state index is 0.0180. The Morgan fingerprint density at radius 2 is 1.65 bits per heavy atom. The molecule has 0 atom stereocenters. The summed E-state index contributed by atoms with van der Waals surface area (Å²) in [4.78, 5) is 12.9. The van der Waals surface area contributed by atoms with Crippen LogP contribution in [0, 0.1) is 0 Å². The maximum Gasteiger partial charge on any atom is 0.264 e. The van der Waals surface area contributed by atoms with E-state index < -0.39 is 22.5 Å². The largest absolute Gasteiger partial charge is 0.493 e. The van der Waals surface area contributed by atoms with Gasteiger partial charge in [-0.3, -0.25) is 9.10 Å². The number of carbonyl (C=O) groups excluding carboxylic acids is 1. The van der Waals surface area contributed by atoms with E-state index in [-0.39, 0.29) is 10.6 Å². The van der Waals surface area contributed by atoms with Crippen molar-refractivity contribution < 1.29 is 27.4 Å². The molecular weight excluding hydrogens is 516 g/mol. The molecule has 8 nitrogen and oxygen atoms in total. The second-order valence-corrected chi connectivity index (χ2v) is 10.3. The van der Waals surface area contributed by atoms with E-state index in [2.05, 4.69) is 5.32 Å². The van der Waals surface area contributed by atoms with E-state index in [4.69, 9.17) is 25.8 Å². The summed E-state index contributed by atoms with van der Waals surface area (Å²) in [6.45, 7) is 2.11. The van der Waals surface area contributed by atoms with Crippen molar-refractivity contribution in [3.8, 4) is 17.2 Å². The fourth-order valence-corrected chi connectivity index (χ4v) is 5.27. The van der Waals surface area contributed by atoms with Gasteiger partial charge in [0.15, 0.2) is 11.5 Å². The first-order chi connectivity index (χ1) is 17.8. The molecule has 0 spiro atoms.